The number of rotatable bonds is 5. The van der Waals surface area contributed by atoms with Crippen LogP contribution < -0.4 is 5.32 Å². The summed E-state index contributed by atoms with van der Waals surface area (Å²) >= 11 is 5.84. The molecule has 1 amide bonds. The van der Waals surface area contributed by atoms with Crippen molar-refractivity contribution in [2.45, 2.75) is 19.3 Å². The van der Waals surface area contributed by atoms with E-state index in [2.05, 4.69) is 5.32 Å². The minimum atomic E-state index is -0.0213. The number of hydrogen-bond acceptors (Lipinski definition) is 2. The lowest BCUT2D eigenvalue weighted by Crippen LogP contribution is -2.32. The number of phenolic OH excluding ortho intramolecular Hbond substituents is 1. The van der Waals surface area contributed by atoms with Gasteiger partial charge >= 0.3 is 0 Å². The Labute approximate surface area is 106 Å². The fraction of sp³-hybridized carbons (Fsp3) is 0.462. The molecule has 92 valence electrons. The number of carbonyl (C=O) groups is 1. The zero-order valence-corrected chi connectivity index (χ0v) is 10.3. The van der Waals surface area contributed by atoms with Crippen LogP contribution in [-0.4, -0.2) is 23.4 Å². The van der Waals surface area contributed by atoms with Gasteiger partial charge in [0.25, 0.3) is 0 Å². The molecule has 1 aromatic carbocycles. The number of hydrogen-bond donors (Lipinski definition) is 2. The van der Waals surface area contributed by atoms with Gasteiger partial charge in [-0.1, -0.05) is 12.1 Å². The standard InChI is InChI=1S/C13H16ClNO2/c14-8-13(4-5-13)9-15-12(17)7-10-2-1-3-11(16)6-10/h1-3,6,16H,4-5,7-9H2,(H,15,17). The second-order valence-corrected chi connectivity index (χ2v) is 5.02. The monoisotopic (exact) mass is 253 g/mol. The molecule has 0 radical (unpaired) electrons. The minimum absolute atomic E-state index is 0.0213. The molecule has 2 rings (SSSR count). The first-order chi connectivity index (χ1) is 8.13. The molecule has 2 N–H and O–H groups in total. The molecule has 0 heterocycles. The van der Waals surface area contributed by atoms with Crippen molar-refractivity contribution in [3.8, 4) is 5.75 Å². The lowest BCUT2D eigenvalue weighted by molar-refractivity contribution is -0.120. The predicted octanol–water partition coefficient (Wildman–Crippen LogP) is 2.07. The van der Waals surface area contributed by atoms with E-state index in [9.17, 15) is 9.90 Å². The lowest BCUT2D eigenvalue weighted by Gasteiger charge is -2.12. The third kappa shape index (κ3) is 3.37. The fourth-order valence-corrected chi connectivity index (χ4v) is 2.10. The molecule has 0 aromatic heterocycles. The molecule has 0 atom stereocenters. The van der Waals surface area contributed by atoms with Crippen LogP contribution >= 0.6 is 11.6 Å². The van der Waals surface area contributed by atoms with Crippen LogP contribution in [0.25, 0.3) is 0 Å². The molecule has 0 spiro atoms. The Morgan fingerprint density at radius 1 is 1.47 bits per heavy atom. The number of amides is 1. The van der Waals surface area contributed by atoms with Crippen molar-refractivity contribution >= 4 is 17.5 Å². The summed E-state index contributed by atoms with van der Waals surface area (Å²) < 4.78 is 0. The molecule has 0 bridgehead atoms. The first kappa shape index (κ1) is 12.2. The number of carbonyl (C=O) groups excluding carboxylic acids is 1. The van der Waals surface area contributed by atoms with Gasteiger partial charge in [-0.2, -0.15) is 0 Å². The lowest BCUT2D eigenvalue weighted by atomic mass is 10.1. The average molecular weight is 254 g/mol. The van der Waals surface area contributed by atoms with Gasteiger partial charge in [-0.05, 0) is 30.5 Å². The van der Waals surface area contributed by atoms with Crippen molar-refractivity contribution in [1.29, 1.82) is 0 Å². The van der Waals surface area contributed by atoms with Crippen molar-refractivity contribution in [3.63, 3.8) is 0 Å². The number of halogens is 1. The van der Waals surface area contributed by atoms with E-state index in [4.69, 9.17) is 11.6 Å². The maximum Gasteiger partial charge on any atom is 0.224 e. The summed E-state index contributed by atoms with van der Waals surface area (Å²) in [5.41, 5.74) is 0.967. The number of nitrogens with one attached hydrogen (secondary N) is 1. The van der Waals surface area contributed by atoms with Gasteiger partial charge in [0.15, 0.2) is 0 Å². The topological polar surface area (TPSA) is 49.3 Å². The van der Waals surface area contributed by atoms with Crippen molar-refractivity contribution in [2.24, 2.45) is 5.41 Å². The second-order valence-electron chi connectivity index (χ2n) is 4.76. The SMILES string of the molecule is O=C(Cc1cccc(O)c1)NCC1(CCl)CC1. The maximum absolute atomic E-state index is 11.7. The van der Waals surface area contributed by atoms with Crippen LogP contribution in [0.15, 0.2) is 24.3 Å². The van der Waals surface area contributed by atoms with Gasteiger partial charge in [0.1, 0.15) is 5.75 Å². The molecule has 1 aliphatic carbocycles. The van der Waals surface area contributed by atoms with Gasteiger partial charge in [-0.25, -0.2) is 0 Å². The molecule has 17 heavy (non-hydrogen) atoms. The zero-order chi connectivity index (χ0) is 12.3. The smallest absolute Gasteiger partial charge is 0.224 e. The summed E-state index contributed by atoms with van der Waals surface area (Å²) in [5, 5.41) is 12.2. The Morgan fingerprint density at radius 2 is 2.24 bits per heavy atom. The average Bonchev–Trinajstić information content (AvgIpc) is 3.07. The summed E-state index contributed by atoms with van der Waals surface area (Å²) in [6.45, 7) is 0.661. The van der Waals surface area contributed by atoms with Gasteiger partial charge in [-0.15, -0.1) is 11.6 Å². The highest BCUT2D eigenvalue weighted by atomic mass is 35.5. The van der Waals surface area contributed by atoms with Gasteiger partial charge in [0, 0.05) is 17.8 Å². The third-order valence-electron chi connectivity index (χ3n) is 3.18. The molecule has 1 fully saturated rings. The molecule has 1 saturated carbocycles. The quantitative estimate of drug-likeness (QED) is 0.790. The maximum atomic E-state index is 11.7. The van der Waals surface area contributed by atoms with E-state index in [0.29, 0.717) is 18.8 Å². The Balaban J connectivity index is 1.81. The van der Waals surface area contributed by atoms with Gasteiger partial charge in [0.05, 0.1) is 6.42 Å². The summed E-state index contributed by atoms with van der Waals surface area (Å²) in [6.07, 6.45) is 2.50. The molecule has 1 aromatic rings. The van der Waals surface area contributed by atoms with E-state index < -0.39 is 0 Å². The van der Waals surface area contributed by atoms with E-state index in [-0.39, 0.29) is 17.1 Å². The minimum Gasteiger partial charge on any atom is -0.508 e. The van der Waals surface area contributed by atoms with Gasteiger partial charge in [0.2, 0.25) is 5.91 Å². The normalized spacial score (nSPS) is 16.5. The van der Waals surface area contributed by atoms with Crippen molar-refractivity contribution < 1.29 is 9.90 Å². The molecule has 0 aliphatic heterocycles. The predicted molar refractivity (Wildman–Crippen MR) is 67.2 cm³/mol. The Bertz CT molecular complexity index is 416. The van der Waals surface area contributed by atoms with Crippen molar-refractivity contribution in [2.75, 3.05) is 12.4 Å². The molecular formula is C13H16ClNO2. The Morgan fingerprint density at radius 3 is 2.82 bits per heavy atom. The van der Waals surface area contributed by atoms with Crippen LogP contribution in [0.4, 0.5) is 0 Å². The van der Waals surface area contributed by atoms with Crippen LogP contribution in [0, 0.1) is 5.41 Å². The highest BCUT2D eigenvalue weighted by Crippen LogP contribution is 2.45. The highest BCUT2D eigenvalue weighted by Gasteiger charge is 2.41. The second kappa shape index (κ2) is 4.96. The van der Waals surface area contributed by atoms with Gasteiger partial charge < -0.3 is 10.4 Å². The van der Waals surface area contributed by atoms with Crippen LogP contribution in [-0.2, 0) is 11.2 Å². The number of benzene rings is 1. The summed E-state index contributed by atoms with van der Waals surface area (Å²) in [5.74, 6) is 0.779. The molecular weight excluding hydrogens is 238 g/mol. The van der Waals surface area contributed by atoms with Crippen molar-refractivity contribution in [1.82, 2.24) is 5.32 Å². The van der Waals surface area contributed by atoms with E-state index in [1.54, 1.807) is 18.2 Å². The summed E-state index contributed by atoms with van der Waals surface area (Å²) in [6, 6.07) is 6.76. The first-order valence-electron chi connectivity index (χ1n) is 5.74. The largest absolute Gasteiger partial charge is 0.508 e. The van der Waals surface area contributed by atoms with Gasteiger partial charge in [-0.3, -0.25) is 4.79 Å². The first-order valence-corrected chi connectivity index (χ1v) is 6.28. The number of aromatic hydroxyl groups is 1. The molecule has 3 nitrogen and oxygen atoms in total. The van der Waals surface area contributed by atoms with Crippen LogP contribution in [0.1, 0.15) is 18.4 Å². The molecule has 1 aliphatic rings. The van der Waals surface area contributed by atoms with E-state index in [1.807, 2.05) is 6.07 Å². The van der Waals surface area contributed by atoms with Crippen molar-refractivity contribution in [3.05, 3.63) is 29.8 Å². The third-order valence-corrected chi connectivity index (χ3v) is 3.74. The molecule has 0 unspecified atom stereocenters. The van der Waals surface area contributed by atoms with Crippen LogP contribution in [0.2, 0.25) is 0 Å². The highest BCUT2D eigenvalue weighted by molar-refractivity contribution is 6.18. The van der Waals surface area contributed by atoms with Crippen LogP contribution in [0.5, 0.6) is 5.75 Å². The number of alkyl halides is 1. The molecule has 0 saturated heterocycles. The zero-order valence-electron chi connectivity index (χ0n) is 9.58. The fourth-order valence-electron chi connectivity index (χ4n) is 1.73. The Kier molecular flexibility index (Phi) is 3.57. The Hall–Kier alpha value is -1.22. The van der Waals surface area contributed by atoms with E-state index in [1.165, 1.54) is 0 Å². The van der Waals surface area contributed by atoms with E-state index in [0.717, 1.165) is 18.4 Å². The van der Waals surface area contributed by atoms with E-state index >= 15 is 0 Å². The summed E-state index contributed by atoms with van der Waals surface area (Å²) in [4.78, 5) is 11.7. The number of phenols is 1. The van der Waals surface area contributed by atoms with Crippen LogP contribution in [0.3, 0.4) is 0 Å². The molecule has 4 heteroatoms. The summed E-state index contributed by atoms with van der Waals surface area (Å²) in [7, 11) is 0.